The predicted molar refractivity (Wildman–Crippen MR) is 93.1 cm³/mol. The molecule has 0 saturated heterocycles. The molecule has 0 aliphatic carbocycles. The summed E-state index contributed by atoms with van der Waals surface area (Å²) in [5.74, 6) is 0. The largest absolute Gasteiger partial charge is 0.389 e. The summed E-state index contributed by atoms with van der Waals surface area (Å²) in [6, 6.07) is 0. The lowest BCUT2D eigenvalue weighted by Crippen LogP contribution is -2.11. The minimum atomic E-state index is 1.10. The lowest BCUT2D eigenvalue weighted by Gasteiger charge is -2.05. The number of nitrogens with one attached hydrogen (secondary N) is 1. The van der Waals surface area contributed by atoms with Crippen molar-refractivity contribution in [3.05, 3.63) is 12.3 Å². The molecule has 0 aromatic rings. The van der Waals surface area contributed by atoms with E-state index in [0.29, 0.717) is 0 Å². The van der Waals surface area contributed by atoms with Gasteiger partial charge >= 0.3 is 0 Å². The zero-order valence-electron chi connectivity index (χ0n) is 14.3. The number of hydrogen-bond donors (Lipinski definition) is 1. The van der Waals surface area contributed by atoms with Crippen LogP contribution in [0.25, 0.3) is 0 Å². The molecule has 20 heavy (non-hydrogen) atoms. The van der Waals surface area contributed by atoms with Crippen molar-refractivity contribution in [3.8, 4) is 0 Å². The molecule has 0 radical (unpaired) electrons. The molecule has 120 valence electrons. The van der Waals surface area contributed by atoms with Crippen molar-refractivity contribution in [1.82, 2.24) is 5.32 Å². The molecule has 0 atom stereocenters. The highest BCUT2D eigenvalue weighted by Crippen LogP contribution is 2.12. The zero-order valence-corrected chi connectivity index (χ0v) is 14.3. The normalized spacial score (nSPS) is 10.7. The van der Waals surface area contributed by atoms with Crippen molar-refractivity contribution in [2.75, 3.05) is 6.54 Å². The molecule has 0 spiro atoms. The van der Waals surface area contributed by atoms with Gasteiger partial charge in [0.2, 0.25) is 0 Å². The molecule has 0 aromatic heterocycles. The van der Waals surface area contributed by atoms with E-state index in [1.807, 2.05) is 6.92 Å². The zero-order chi connectivity index (χ0) is 14.9. The molecule has 0 saturated carbocycles. The Bertz CT molecular complexity index is 198. The standard InChI is InChI=1S/C19H39N/c1-4-5-6-7-8-9-10-11-12-13-14-15-16-17-18-20-19(2)3/h20H,2,4-18H2,1,3H3. The highest BCUT2D eigenvalue weighted by molar-refractivity contribution is 4.83. The van der Waals surface area contributed by atoms with Crippen molar-refractivity contribution in [2.24, 2.45) is 0 Å². The summed E-state index contributed by atoms with van der Waals surface area (Å²) in [6.07, 6.45) is 20.0. The van der Waals surface area contributed by atoms with E-state index in [0.717, 1.165) is 12.2 Å². The fourth-order valence-corrected chi connectivity index (χ4v) is 2.62. The average Bonchev–Trinajstić information content (AvgIpc) is 2.43. The van der Waals surface area contributed by atoms with E-state index in [9.17, 15) is 0 Å². The van der Waals surface area contributed by atoms with Gasteiger partial charge in [0.15, 0.2) is 0 Å². The first-order valence-corrected chi connectivity index (χ1v) is 9.16. The van der Waals surface area contributed by atoms with E-state index in [1.54, 1.807) is 0 Å². The second-order valence-corrected chi connectivity index (χ2v) is 6.30. The van der Waals surface area contributed by atoms with E-state index in [2.05, 4.69) is 18.8 Å². The average molecular weight is 282 g/mol. The van der Waals surface area contributed by atoms with Crippen LogP contribution in [-0.2, 0) is 0 Å². The maximum absolute atomic E-state index is 3.85. The lowest BCUT2D eigenvalue weighted by atomic mass is 10.0. The second kappa shape index (κ2) is 16.6. The van der Waals surface area contributed by atoms with Gasteiger partial charge in [-0.3, -0.25) is 0 Å². The monoisotopic (exact) mass is 281 g/mol. The van der Waals surface area contributed by atoms with Gasteiger partial charge in [0, 0.05) is 12.2 Å². The van der Waals surface area contributed by atoms with Gasteiger partial charge in [-0.2, -0.15) is 0 Å². The Morgan fingerprint density at radius 2 is 1.00 bits per heavy atom. The maximum atomic E-state index is 3.85. The summed E-state index contributed by atoms with van der Waals surface area (Å²) in [5.41, 5.74) is 1.10. The summed E-state index contributed by atoms with van der Waals surface area (Å²) in [5, 5.41) is 3.29. The van der Waals surface area contributed by atoms with Gasteiger partial charge in [-0.15, -0.1) is 0 Å². The van der Waals surface area contributed by atoms with Crippen LogP contribution >= 0.6 is 0 Å². The van der Waals surface area contributed by atoms with Crippen LogP contribution < -0.4 is 5.32 Å². The van der Waals surface area contributed by atoms with Crippen LogP contribution in [0.4, 0.5) is 0 Å². The van der Waals surface area contributed by atoms with Gasteiger partial charge in [-0.25, -0.2) is 0 Å². The van der Waals surface area contributed by atoms with Crippen molar-refractivity contribution < 1.29 is 0 Å². The van der Waals surface area contributed by atoms with Crippen LogP contribution in [0.3, 0.4) is 0 Å². The van der Waals surface area contributed by atoms with Crippen LogP contribution in [0.15, 0.2) is 12.3 Å². The molecule has 0 aromatic carbocycles. The van der Waals surface area contributed by atoms with Crippen LogP contribution in [-0.4, -0.2) is 6.54 Å². The third-order valence-electron chi connectivity index (χ3n) is 3.96. The minimum absolute atomic E-state index is 1.10. The quantitative estimate of drug-likeness (QED) is 0.315. The molecule has 0 rings (SSSR count). The van der Waals surface area contributed by atoms with E-state index in [4.69, 9.17) is 0 Å². The van der Waals surface area contributed by atoms with E-state index >= 15 is 0 Å². The van der Waals surface area contributed by atoms with Crippen LogP contribution in [0.5, 0.6) is 0 Å². The SMILES string of the molecule is C=C(C)NCCCCCCCCCCCCCCCC. The first-order valence-electron chi connectivity index (χ1n) is 9.16. The van der Waals surface area contributed by atoms with Gasteiger partial charge in [-0.1, -0.05) is 97.0 Å². The Kier molecular flexibility index (Phi) is 16.2. The molecule has 1 N–H and O–H groups in total. The highest BCUT2D eigenvalue weighted by Gasteiger charge is 1.94. The molecule has 1 heteroatoms. The van der Waals surface area contributed by atoms with Gasteiger partial charge < -0.3 is 5.32 Å². The van der Waals surface area contributed by atoms with Crippen LogP contribution in [0, 0.1) is 0 Å². The number of rotatable bonds is 16. The number of allylic oxidation sites excluding steroid dienone is 1. The van der Waals surface area contributed by atoms with E-state index in [-0.39, 0.29) is 0 Å². The van der Waals surface area contributed by atoms with Crippen molar-refractivity contribution in [2.45, 2.75) is 104 Å². The predicted octanol–water partition coefficient (Wildman–Crippen LogP) is 6.59. The minimum Gasteiger partial charge on any atom is -0.389 e. The van der Waals surface area contributed by atoms with Crippen molar-refractivity contribution in [1.29, 1.82) is 0 Å². The summed E-state index contributed by atoms with van der Waals surface area (Å²) in [4.78, 5) is 0. The Labute approximate surface area is 128 Å². The molecule has 0 unspecified atom stereocenters. The molecular weight excluding hydrogens is 242 g/mol. The topological polar surface area (TPSA) is 12.0 Å². The summed E-state index contributed by atoms with van der Waals surface area (Å²) < 4.78 is 0. The maximum Gasteiger partial charge on any atom is 0.0143 e. The number of unbranched alkanes of at least 4 members (excludes halogenated alkanes) is 13. The smallest absolute Gasteiger partial charge is 0.0143 e. The first-order chi connectivity index (χ1) is 9.77. The Balaban J connectivity index is 2.94. The molecule has 0 bridgehead atoms. The summed E-state index contributed by atoms with van der Waals surface area (Å²) >= 11 is 0. The molecule has 1 nitrogen and oxygen atoms in total. The first kappa shape index (κ1) is 19.5. The van der Waals surface area contributed by atoms with Crippen LogP contribution in [0.2, 0.25) is 0 Å². The third-order valence-corrected chi connectivity index (χ3v) is 3.96. The molecule has 0 aliphatic rings. The summed E-state index contributed by atoms with van der Waals surface area (Å²) in [7, 11) is 0. The molecular formula is C19H39N. The van der Waals surface area contributed by atoms with Gasteiger partial charge in [-0.05, 0) is 13.3 Å². The van der Waals surface area contributed by atoms with Crippen molar-refractivity contribution in [3.63, 3.8) is 0 Å². The number of hydrogen-bond acceptors (Lipinski definition) is 1. The van der Waals surface area contributed by atoms with Gasteiger partial charge in [0.25, 0.3) is 0 Å². The van der Waals surface area contributed by atoms with E-state index < -0.39 is 0 Å². The summed E-state index contributed by atoms with van der Waals surface area (Å²) in [6.45, 7) is 9.27. The van der Waals surface area contributed by atoms with E-state index in [1.165, 1.54) is 89.9 Å². The van der Waals surface area contributed by atoms with Gasteiger partial charge in [0.05, 0.1) is 0 Å². The second-order valence-electron chi connectivity index (χ2n) is 6.30. The van der Waals surface area contributed by atoms with Crippen molar-refractivity contribution >= 4 is 0 Å². The highest BCUT2D eigenvalue weighted by atomic mass is 14.9. The van der Waals surface area contributed by atoms with Gasteiger partial charge in [0.1, 0.15) is 0 Å². The third kappa shape index (κ3) is 17.5. The fourth-order valence-electron chi connectivity index (χ4n) is 2.62. The molecule has 0 heterocycles. The molecule has 0 amide bonds. The Hall–Kier alpha value is -0.460. The molecule has 0 aliphatic heterocycles. The Morgan fingerprint density at radius 3 is 1.35 bits per heavy atom. The Morgan fingerprint density at radius 1 is 0.650 bits per heavy atom. The lowest BCUT2D eigenvalue weighted by molar-refractivity contribution is 0.533. The molecule has 0 fully saturated rings. The van der Waals surface area contributed by atoms with Crippen LogP contribution in [0.1, 0.15) is 104 Å². The fraction of sp³-hybridized carbons (Fsp3) is 0.895.